The molecule has 0 spiro atoms. The molecule has 1 aromatic carbocycles. The summed E-state index contributed by atoms with van der Waals surface area (Å²) in [5.41, 5.74) is 1.64. The lowest BCUT2D eigenvalue weighted by Gasteiger charge is -2.14. The predicted octanol–water partition coefficient (Wildman–Crippen LogP) is 4.49. The third-order valence-corrected chi connectivity index (χ3v) is 4.32. The Hall–Kier alpha value is 0.0500. The second kappa shape index (κ2) is 5.79. The molecule has 94 valence electrons. The minimum Gasteiger partial charge on any atom is -0.312 e. The van der Waals surface area contributed by atoms with Crippen LogP contribution < -0.4 is 5.32 Å². The lowest BCUT2D eigenvalue weighted by Crippen LogP contribution is -2.23. The first kappa shape index (κ1) is 13.5. The number of hydrogen-bond donors (Lipinski definition) is 1. The van der Waals surface area contributed by atoms with Gasteiger partial charge in [-0.3, -0.25) is 0 Å². The van der Waals surface area contributed by atoms with Crippen LogP contribution in [0.4, 0.5) is 0 Å². The van der Waals surface area contributed by atoms with Crippen molar-refractivity contribution in [1.29, 1.82) is 0 Å². The Balaban J connectivity index is 1.80. The van der Waals surface area contributed by atoms with Gasteiger partial charge in [-0.15, -0.1) is 11.6 Å². The number of halogens is 3. The van der Waals surface area contributed by atoms with Crippen molar-refractivity contribution in [2.45, 2.75) is 25.8 Å². The molecular formula is C13H16Cl3N. The van der Waals surface area contributed by atoms with Gasteiger partial charge in [-0.2, -0.15) is 0 Å². The summed E-state index contributed by atoms with van der Waals surface area (Å²) in [5.74, 6) is 0.758. The minimum atomic E-state index is 0.470. The first-order chi connectivity index (χ1) is 8.15. The molecule has 4 heteroatoms. The van der Waals surface area contributed by atoms with E-state index in [4.69, 9.17) is 34.8 Å². The smallest absolute Gasteiger partial charge is 0.0595 e. The van der Waals surface area contributed by atoms with Gasteiger partial charge in [0.2, 0.25) is 0 Å². The molecule has 1 nitrogen and oxygen atoms in total. The van der Waals surface area contributed by atoms with Gasteiger partial charge in [0.05, 0.1) is 10.0 Å². The first-order valence-electron chi connectivity index (χ1n) is 5.86. The van der Waals surface area contributed by atoms with Gasteiger partial charge in [0.15, 0.2) is 0 Å². The van der Waals surface area contributed by atoms with E-state index in [0.29, 0.717) is 15.5 Å². The minimum absolute atomic E-state index is 0.470. The molecule has 0 bridgehead atoms. The molecule has 0 saturated heterocycles. The summed E-state index contributed by atoms with van der Waals surface area (Å²) in [4.78, 5) is 0. The zero-order chi connectivity index (χ0) is 12.3. The van der Waals surface area contributed by atoms with Gasteiger partial charge in [-0.05, 0) is 42.4 Å². The zero-order valence-electron chi connectivity index (χ0n) is 9.61. The van der Waals surface area contributed by atoms with E-state index in [9.17, 15) is 0 Å². The zero-order valence-corrected chi connectivity index (χ0v) is 11.9. The van der Waals surface area contributed by atoms with Crippen molar-refractivity contribution >= 4 is 34.8 Å². The van der Waals surface area contributed by atoms with Gasteiger partial charge in [-0.25, -0.2) is 0 Å². The Kier molecular flexibility index (Phi) is 4.59. The molecule has 0 aliphatic heterocycles. The molecule has 1 aliphatic carbocycles. The van der Waals surface area contributed by atoms with Gasteiger partial charge >= 0.3 is 0 Å². The Morgan fingerprint density at radius 3 is 2.53 bits per heavy atom. The molecule has 0 heterocycles. The highest BCUT2D eigenvalue weighted by Gasteiger charge is 2.40. The van der Waals surface area contributed by atoms with Gasteiger partial charge in [-0.1, -0.05) is 29.3 Å². The number of hydrogen-bond acceptors (Lipinski definition) is 1. The summed E-state index contributed by atoms with van der Waals surface area (Å²) in [6.07, 6.45) is 3.71. The quantitative estimate of drug-likeness (QED) is 0.762. The lowest BCUT2D eigenvalue weighted by atomic mass is 10.0. The molecule has 0 radical (unpaired) electrons. The molecule has 0 atom stereocenters. The molecule has 1 aliphatic rings. The van der Waals surface area contributed by atoms with E-state index in [0.717, 1.165) is 25.4 Å². The van der Waals surface area contributed by atoms with Crippen LogP contribution in [0.5, 0.6) is 0 Å². The molecule has 1 aromatic rings. The first-order valence-corrected chi connectivity index (χ1v) is 7.15. The number of rotatable bonds is 6. The molecule has 0 aromatic heterocycles. The van der Waals surface area contributed by atoms with E-state index in [2.05, 4.69) is 5.32 Å². The maximum absolute atomic E-state index is 5.97. The topological polar surface area (TPSA) is 12.0 Å². The van der Waals surface area contributed by atoms with Crippen LogP contribution >= 0.6 is 34.8 Å². The van der Waals surface area contributed by atoms with E-state index < -0.39 is 0 Å². The SMILES string of the molecule is ClCCC1(CNCc2ccc(Cl)c(Cl)c2)CC1. The van der Waals surface area contributed by atoms with Crippen LogP contribution in [0.1, 0.15) is 24.8 Å². The van der Waals surface area contributed by atoms with Crippen molar-refractivity contribution in [1.82, 2.24) is 5.32 Å². The van der Waals surface area contributed by atoms with Crippen molar-refractivity contribution in [3.63, 3.8) is 0 Å². The number of alkyl halides is 1. The van der Waals surface area contributed by atoms with E-state index in [1.54, 1.807) is 0 Å². The van der Waals surface area contributed by atoms with E-state index >= 15 is 0 Å². The Labute approximate surface area is 117 Å². The van der Waals surface area contributed by atoms with Crippen LogP contribution in [0.25, 0.3) is 0 Å². The van der Waals surface area contributed by atoms with Gasteiger partial charge in [0.25, 0.3) is 0 Å². The summed E-state index contributed by atoms with van der Waals surface area (Å²) in [7, 11) is 0. The molecule has 1 fully saturated rings. The molecule has 2 rings (SSSR count). The average Bonchev–Trinajstić information content (AvgIpc) is 3.04. The molecule has 1 N–H and O–H groups in total. The highest BCUT2D eigenvalue weighted by atomic mass is 35.5. The third kappa shape index (κ3) is 3.75. The molecule has 0 unspecified atom stereocenters. The standard InChI is InChI=1S/C13H16Cl3N/c14-6-5-13(3-4-13)9-17-8-10-1-2-11(15)12(16)7-10/h1-2,7,17H,3-6,8-9H2. The fourth-order valence-corrected chi connectivity index (χ4v) is 2.74. The Morgan fingerprint density at radius 1 is 1.18 bits per heavy atom. The van der Waals surface area contributed by atoms with E-state index in [1.807, 2.05) is 18.2 Å². The van der Waals surface area contributed by atoms with Crippen LogP contribution in [0.3, 0.4) is 0 Å². The van der Waals surface area contributed by atoms with Crippen LogP contribution in [0, 0.1) is 5.41 Å². The number of nitrogens with one attached hydrogen (secondary N) is 1. The molecular weight excluding hydrogens is 277 g/mol. The molecule has 1 saturated carbocycles. The second-order valence-electron chi connectivity index (χ2n) is 4.79. The van der Waals surface area contributed by atoms with Gasteiger partial charge < -0.3 is 5.32 Å². The predicted molar refractivity (Wildman–Crippen MR) is 75.2 cm³/mol. The fraction of sp³-hybridized carbons (Fsp3) is 0.538. The Bertz CT molecular complexity index is 388. The van der Waals surface area contributed by atoms with Crippen molar-refractivity contribution < 1.29 is 0 Å². The van der Waals surface area contributed by atoms with E-state index in [-0.39, 0.29) is 0 Å². The summed E-state index contributed by atoms with van der Waals surface area (Å²) >= 11 is 17.6. The fourth-order valence-electron chi connectivity index (χ4n) is 2.01. The van der Waals surface area contributed by atoms with Crippen LogP contribution in [0.15, 0.2) is 18.2 Å². The summed E-state index contributed by atoms with van der Waals surface area (Å²) in [6, 6.07) is 5.76. The maximum atomic E-state index is 5.97. The lowest BCUT2D eigenvalue weighted by molar-refractivity contribution is 0.445. The van der Waals surface area contributed by atoms with Crippen LogP contribution in [0.2, 0.25) is 10.0 Å². The second-order valence-corrected chi connectivity index (χ2v) is 5.98. The maximum Gasteiger partial charge on any atom is 0.0595 e. The highest BCUT2D eigenvalue weighted by Crippen LogP contribution is 2.48. The number of benzene rings is 1. The summed E-state index contributed by atoms with van der Waals surface area (Å²) < 4.78 is 0. The molecule has 17 heavy (non-hydrogen) atoms. The largest absolute Gasteiger partial charge is 0.312 e. The van der Waals surface area contributed by atoms with Gasteiger partial charge in [0.1, 0.15) is 0 Å². The monoisotopic (exact) mass is 291 g/mol. The third-order valence-electron chi connectivity index (χ3n) is 3.40. The van der Waals surface area contributed by atoms with Gasteiger partial charge in [0, 0.05) is 19.0 Å². The van der Waals surface area contributed by atoms with Crippen molar-refractivity contribution in [3.8, 4) is 0 Å². The molecule has 0 amide bonds. The van der Waals surface area contributed by atoms with Crippen molar-refractivity contribution in [2.24, 2.45) is 5.41 Å². The van der Waals surface area contributed by atoms with Crippen molar-refractivity contribution in [3.05, 3.63) is 33.8 Å². The van der Waals surface area contributed by atoms with E-state index in [1.165, 1.54) is 18.4 Å². The summed E-state index contributed by atoms with van der Waals surface area (Å²) in [6.45, 7) is 1.88. The highest BCUT2D eigenvalue weighted by molar-refractivity contribution is 6.42. The normalized spacial score (nSPS) is 17.1. The van der Waals surface area contributed by atoms with Crippen molar-refractivity contribution in [2.75, 3.05) is 12.4 Å². The van der Waals surface area contributed by atoms with Crippen LogP contribution in [-0.2, 0) is 6.54 Å². The van der Waals surface area contributed by atoms with Crippen LogP contribution in [-0.4, -0.2) is 12.4 Å². The average molecular weight is 293 g/mol. The Morgan fingerprint density at radius 2 is 1.94 bits per heavy atom. The summed E-state index contributed by atoms with van der Waals surface area (Å²) in [5, 5.41) is 4.70.